The number of nitrogens with two attached hydrogens (primary N) is 1. The Bertz CT molecular complexity index is 1040. The predicted octanol–water partition coefficient (Wildman–Crippen LogP) is 3.19. The van der Waals surface area contributed by atoms with Gasteiger partial charge in [0.15, 0.2) is 5.82 Å². The molecule has 1 aliphatic heterocycles. The number of amides is 2. The van der Waals surface area contributed by atoms with Gasteiger partial charge in [0.2, 0.25) is 0 Å². The molecule has 2 heterocycles. The Morgan fingerprint density at radius 3 is 2.66 bits per heavy atom. The molecule has 32 heavy (non-hydrogen) atoms. The van der Waals surface area contributed by atoms with E-state index in [1.165, 1.54) is 35.1 Å². The zero-order chi connectivity index (χ0) is 22.8. The standard InChI is InChI=1S/C22H25FN6O3/c1-13(14-2-3-14)32-22(31)28-9-8-15(10-24)19(12-28)29-11-18(20(25)30)21(27-29)26-17-6-4-16(23)5-7-17/h4-7,11,13-15,19H,2-3,8-9,12H2,1H3,(H2,25,30)(H,26,27)/t13?,15-,19?/m0/s1. The first-order valence-corrected chi connectivity index (χ1v) is 10.6. The molecule has 1 aromatic carbocycles. The Morgan fingerprint density at radius 2 is 2.03 bits per heavy atom. The molecule has 2 aliphatic rings. The van der Waals surface area contributed by atoms with E-state index in [2.05, 4.69) is 16.5 Å². The maximum Gasteiger partial charge on any atom is 0.410 e. The maximum atomic E-state index is 13.2. The highest BCUT2D eigenvalue weighted by Gasteiger charge is 2.37. The SMILES string of the molecule is CC(OC(=O)N1CC[C@@H](C#N)C(n2cc(C(N)=O)c(Nc3ccc(F)cc3)n2)C1)C1CC1. The number of piperidine rings is 1. The molecular weight excluding hydrogens is 415 g/mol. The van der Waals surface area contributed by atoms with Crippen molar-refractivity contribution in [3.8, 4) is 6.07 Å². The summed E-state index contributed by atoms with van der Waals surface area (Å²) in [5.41, 5.74) is 6.18. The lowest BCUT2D eigenvalue weighted by atomic mass is 9.93. The van der Waals surface area contributed by atoms with E-state index in [4.69, 9.17) is 10.5 Å². The van der Waals surface area contributed by atoms with Crippen molar-refractivity contribution >= 4 is 23.5 Å². The van der Waals surface area contributed by atoms with Crippen LogP contribution in [0.5, 0.6) is 0 Å². The van der Waals surface area contributed by atoms with Crippen LogP contribution in [0.4, 0.5) is 20.7 Å². The summed E-state index contributed by atoms with van der Waals surface area (Å²) >= 11 is 0. The summed E-state index contributed by atoms with van der Waals surface area (Å²) in [5, 5.41) is 17.1. The van der Waals surface area contributed by atoms with Gasteiger partial charge in [0.1, 0.15) is 17.5 Å². The van der Waals surface area contributed by atoms with Crippen molar-refractivity contribution in [3.63, 3.8) is 0 Å². The molecule has 1 saturated heterocycles. The molecule has 3 N–H and O–H groups in total. The van der Waals surface area contributed by atoms with Gasteiger partial charge in [-0.05, 0) is 56.4 Å². The van der Waals surface area contributed by atoms with E-state index in [9.17, 15) is 19.2 Å². The quantitative estimate of drug-likeness (QED) is 0.710. The summed E-state index contributed by atoms with van der Waals surface area (Å²) in [6.07, 6.45) is 3.54. The molecular formula is C22H25FN6O3. The van der Waals surface area contributed by atoms with Crippen molar-refractivity contribution in [2.45, 2.75) is 38.3 Å². The molecule has 0 radical (unpaired) electrons. The third kappa shape index (κ3) is 4.66. The number of nitrogens with zero attached hydrogens (tertiary/aromatic N) is 4. The van der Waals surface area contributed by atoms with Crippen molar-refractivity contribution < 1.29 is 18.7 Å². The van der Waals surface area contributed by atoms with Crippen molar-refractivity contribution in [2.24, 2.45) is 17.6 Å². The first-order chi connectivity index (χ1) is 15.4. The third-order valence-corrected chi connectivity index (χ3v) is 6.02. The Hall–Kier alpha value is -3.61. The fraction of sp³-hybridized carbons (Fsp3) is 0.455. The fourth-order valence-corrected chi connectivity index (χ4v) is 3.92. The van der Waals surface area contributed by atoms with Gasteiger partial charge < -0.3 is 20.7 Å². The molecule has 168 valence electrons. The number of rotatable bonds is 6. The largest absolute Gasteiger partial charge is 0.446 e. The van der Waals surface area contributed by atoms with Crippen molar-refractivity contribution in [3.05, 3.63) is 41.8 Å². The van der Waals surface area contributed by atoms with Crippen LogP contribution in [0.1, 0.15) is 42.6 Å². The second-order valence-corrected chi connectivity index (χ2v) is 8.33. The predicted molar refractivity (Wildman–Crippen MR) is 113 cm³/mol. The van der Waals surface area contributed by atoms with Crippen LogP contribution in [-0.2, 0) is 4.74 Å². The summed E-state index contributed by atoms with van der Waals surface area (Å²) < 4.78 is 20.3. The lowest BCUT2D eigenvalue weighted by Gasteiger charge is -2.35. The molecule has 2 amide bonds. The van der Waals surface area contributed by atoms with Gasteiger partial charge >= 0.3 is 6.09 Å². The second kappa shape index (κ2) is 8.86. The first-order valence-electron chi connectivity index (χ1n) is 10.6. The van der Waals surface area contributed by atoms with Gasteiger partial charge in [-0.2, -0.15) is 10.4 Å². The summed E-state index contributed by atoms with van der Waals surface area (Å²) in [7, 11) is 0. The van der Waals surface area contributed by atoms with Gasteiger partial charge in [0.25, 0.3) is 5.91 Å². The van der Waals surface area contributed by atoms with Crippen LogP contribution in [0, 0.1) is 29.0 Å². The van der Waals surface area contributed by atoms with Crippen LogP contribution in [0.2, 0.25) is 0 Å². The zero-order valence-electron chi connectivity index (χ0n) is 17.7. The van der Waals surface area contributed by atoms with E-state index >= 15 is 0 Å². The Labute approximate surface area is 184 Å². The maximum absolute atomic E-state index is 13.2. The molecule has 9 nitrogen and oxygen atoms in total. The smallest absolute Gasteiger partial charge is 0.410 e. The summed E-state index contributed by atoms with van der Waals surface area (Å²) in [6.45, 7) is 2.54. The Morgan fingerprint density at radius 1 is 1.31 bits per heavy atom. The number of carbonyl (C=O) groups excluding carboxylic acids is 2. The van der Waals surface area contributed by atoms with Crippen molar-refractivity contribution in [1.82, 2.24) is 14.7 Å². The average Bonchev–Trinajstić information content (AvgIpc) is 3.55. The zero-order valence-corrected chi connectivity index (χ0v) is 17.7. The number of hydrogen-bond acceptors (Lipinski definition) is 6. The third-order valence-electron chi connectivity index (χ3n) is 6.02. The van der Waals surface area contributed by atoms with Gasteiger partial charge in [0.05, 0.1) is 18.0 Å². The number of likely N-dealkylation sites (tertiary alicyclic amines) is 1. The van der Waals surface area contributed by atoms with E-state index in [0.29, 0.717) is 24.6 Å². The molecule has 0 spiro atoms. The van der Waals surface area contributed by atoms with E-state index in [0.717, 1.165) is 12.8 Å². The van der Waals surface area contributed by atoms with Gasteiger partial charge in [-0.1, -0.05) is 0 Å². The van der Waals surface area contributed by atoms with Crippen LogP contribution >= 0.6 is 0 Å². The highest BCUT2D eigenvalue weighted by molar-refractivity contribution is 5.98. The van der Waals surface area contributed by atoms with E-state index in [-0.39, 0.29) is 24.0 Å². The van der Waals surface area contributed by atoms with E-state index < -0.39 is 29.8 Å². The van der Waals surface area contributed by atoms with Gasteiger partial charge in [-0.15, -0.1) is 0 Å². The first kappa shape index (κ1) is 21.6. The highest BCUT2D eigenvalue weighted by atomic mass is 19.1. The van der Waals surface area contributed by atoms with E-state index in [1.807, 2.05) is 6.92 Å². The number of halogens is 1. The average molecular weight is 440 g/mol. The molecule has 0 bridgehead atoms. The van der Waals surface area contributed by atoms with E-state index in [1.54, 1.807) is 4.90 Å². The number of hydrogen-bond donors (Lipinski definition) is 2. The number of primary amides is 1. The Kier molecular flexibility index (Phi) is 5.99. The van der Waals surface area contributed by atoms with Gasteiger partial charge in [0, 0.05) is 25.0 Å². The number of nitriles is 1. The normalized spacial score (nSPS) is 21.5. The summed E-state index contributed by atoms with van der Waals surface area (Å²) in [6, 6.07) is 7.39. The van der Waals surface area contributed by atoms with Crippen molar-refractivity contribution in [1.29, 1.82) is 5.26 Å². The van der Waals surface area contributed by atoms with Gasteiger partial charge in [-0.25, -0.2) is 9.18 Å². The molecule has 3 atom stereocenters. The minimum atomic E-state index is -0.695. The lowest BCUT2D eigenvalue weighted by molar-refractivity contribution is 0.0441. The highest BCUT2D eigenvalue weighted by Crippen LogP contribution is 2.35. The summed E-state index contributed by atoms with van der Waals surface area (Å²) in [4.78, 5) is 26.2. The molecule has 1 aliphatic carbocycles. The number of aromatic nitrogens is 2. The number of benzene rings is 1. The monoisotopic (exact) mass is 440 g/mol. The molecule has 2 fully saturated rings. The minimum absolute atomic E-state index is 0.132. The Balaban J connectivity index is 1.55. The molecule has 2 unspecified atom stereocenters. The number of carbonyl (C=O) groups is 2. The number of anilines is 2. The molecule has 10 heteroatoms. The van der Waals surface area contributed by atoms with Crippen LogP contribution in [0.25, 0.3) is 0 Å². The topological polar surface area (TPSA) is 126 Å². The lowest BCUT2D eigenvalue weighted by Crippen LogP contribution is -2.45. The molecule has 4 rings (SSSR count). The van der Waals surface area contributed by atoms with Crippen LogP contribution in [0.15, 0.2) is 30.5 Å². The fourth-order valence-electron chi connectivity index (χ4n) is 3.92. The van der Waals surface area contributed by atoms with Crippen molar-refractivity contribution in [2.75, 3.05) is 18.4 Å². The van der Waals surface area contributed by atoms with Crippen LogP contribution < -0.4 is 11.1 Å². The molecule has 1 saturated carbocycles. The van der Waals surface area contributed by atoms with Gasteiger partial charge in [-0.3, -0.25) is 9.48 Å². The summed E-state index contributed by atoms with van der Waals surface area (Å²) in [5.74, 6) is -0.865. The molecule has 2 aromatic rings. The number of ether oxygens (including phenoxy) is 1. The minimum Gasteiger partial charge on any atom is -0.446 e. The number of nitrogens with one attached hydrogen (secondary N) is 1. The second-order valence-electron chi connectivity index (χ2n) is 8.33. The van der Waals surface area contributed by atoms with Crippen LogP contribution in [0.3, 0.4) is 0 Å². The van der Waals surface area contributed by atoms with Crippen LogP contribution in [-0.4, -0.2) is 45.9 Å². The molecule has 1 aromatic heterocycles.